The second-order valence-electron chi connectivity index (χ2n) is 4.24. The molecular formula is C12H15N3O5. The van der Waals surface area contributed by atoms with Crippen LogP contribution >= 0.6 is 0 Å². The van der Waals surface area contributed by atoms with Gasteiger partial charge in [-0.15, -0.1) is 0 Å². The van der Waals surface area contributed by atoms with Gasteiger partial charge in [-0.2, -0.15) is 0 Å². The summed E-state index contributed by atoms with van der Waals surface area (Å²) in [7, 11) is 1.42. The Morgan fingerprint density at radius 2 is 1.90 bits per heavy atom. The van der Waals surface area contributed by atoms with Gasteiger partial charge in [0.1, 0.15) is 5.69 Å². The SMILES string of the molecule is CCCCC(=O)N(C)c1ccc([N+](=O)[O-])cc1[N+](=O)[O-]. The molecule has 8 nitrogen and oxygen atoms in total. The first kappa shape index (κ1) is 15.5. The van der Waals surface area contributed by atoms with E-state index in [1.165, 1.54) is 13.1 Å². The number of hydrogen-bond donors (Lipinski definition) is 0. The van der Waals surface area contributed by atoms with Crippen molar-refractivity contribution in [3.05, 3.63) is 38.4 Å². The molecule has 1 rings (SSSR count). The smallest absolute Gasteiger partial charge is 0.299 e. The molecule has 108 valence electrons. The lowest BCUT2D eigenvalue weighted by Crippen LogP contribution is -2.26. The number of rotatable bonds is 6. The Kier molecular flexibility index (Phi) is 5.13. The highest BCUT2D eigenvalue weighted by Gasteiger charge is 2.24. The highest BCUT2D eigenvalue weighted by molar-refractivity contribution is 5.95. The van der Waals surface area contributed by atoms with Crippen LogP contribution in [0.1, 0.15) is 26.2 Å². The lowest BCUT2D eigenvalue weighted by Gasteiger charge is -2.16. The second kappa shape index (κ2) is 6.60. The van der Waals surface area contributed by atoms with Gasteiger partial charge in [0.2, 0.25) is 5.91 Å². The van der Waals surface area contributed by atoms with Crippen molar-refractivity contribution in [2.24, 2.45) is 0 Å². The molecule has 0 fully saturated rings. The molecule has 0 atom stereocenters. The van der Waals surface area contributed by atoms with Gasteiger partial charge in [-0.1, -0.05) is 13.3 Å². The average Bonchev–Trinajstić information content (AvgIpc) is 2.42. The van der Waals surface area contributed by atoms with Gasteiger partial charge in [-0.25, -0.2) is 0 Å². The van der Waals surface area contributed by atoms with E-state index in [4.69, 9.17) is 0 Å². The van der Waals surface area contributed by atoms with Crippen molar-refractivity contribution in [1.82, 2.24) is 0 Å². The lowest BCUT2D eigenvalue weighted by atomic mass is 10.2. The quantitative estimate of drug-likeness (QED) is 0.588. The highest BCUT2D eigenvalue weighted by atomic mass is 16.6. The van der Waals surface area contributed by atoms with Crippen LogP contribution in [0, 0.1) is 20.2 Å². The first-order valence-electron chi connectivity index (χ1n) is 6.07. The molecule has 0 saturated carbocycles. The largest absolute Gasteiger partial charge is 0.310 e. The summed E-state index contributed by atoms with van der Waals surface area (Å²) in [5, 5.41) is 21.6. The van der Waals surface area contributed by atoms with Crippen LogP contribution in [0.5, 0.6) is 0 Å². The lowest BCUT2D eigenvalue weighted by molar-refractivity contribution is -0.393. The number of carbonyl (C=O) groups is 1. The monoisotopic (exact) mass is 281 g/mol. The Balaban J connectivity index is 3.13. The van der Waals surface area contributed by atoms with Gasteiger partial charge in [0.25, 0.3) is 11.4 Å². The molecule has 8 heteroatoms. The van der Waals surface area contributed by atoms with Crippen molar-refractivity contribution in [2.45, 2.75) is 26.2 Å². The molecule has 0 radical (unpaired) electrons. The maximum absolute atomic E-state index is 11.9. The molecule has 0 heterocycles. The summed E-state index contributed by atoms with van der Waals surface area (Å²) >= 11 is 0. The highest BCUT2D eigenvalue weighted by Crippen LogP contribution is 2.31. The second-order valence-corrected chi connectivity index (χ2v) is 4.24. The van der Waals surface area contributed by atoms with Crippen LogP contribution in [0.15, 0.2) is 18.2 Å². The third kappa shape index (κ3) is 3.50. The van der Waals surface area contributed by atoms with Crippen molar-refractivity contribution >= 4 is 23.0 Å². The van der Waals surface area contributed by atoms with E-state index in [0.717, 1.165) is 23.5 Å². The minimum atomic E-state index is -0.730. The first-order valence-corrected chi connectivity index (χ1v) is 6.07. The predicted molar refractivity (Wildman–Crippen MR) is 72.7 cm³/mol. The number of nitrogens with zero attached hydrogens (tertiary/aromatic N) is 3. The van der Waals surface area contributed by atoms with Crippen molar-refractivity contribution in [3.8, 4) is 0 Å². The molecule has 0 aliphatic carbocycles. The van der Waals surface area contributed by atoms with Crippen LogP contribution < -0.4 is 4.90 Å². The number of amides is 1. The number of non-ortho nitro benzene ring substituents is 1. The Labute approximate surface area is 115 Å². The zero-order chi connectivity index (χ0) is 15.3. The molecule has 0 saturated heterocycles. The molecule has 1 aromatic carbocycles. The Bertz CT molecular complexity index is 544. The number of carbonyl (C=O) groups excluding carboxylic acids is 1. The van der Waals surface area contributed by atoms with E-state index in [9.17, 15) is 25.0 Å². The molecule has 0 aromatic heterocycles. The number of nitro groups is 2. The van der Waals surface area contributed by atoms with E-state index in [-0.39, 0.29) is 23.7 Å². The molecule has 1 aromatic rings. The van der Waals surface area contributed by atoms with E-state index in [0.29, 0.717) is 6.42 Å². The van der Waals surface area contributed by atoms with Crippen molar-refractivity contribution < 1.29 is 14.6 Å². The number of hydrogen-bond acceptors (Lipinski definition) is 5. The summed E-state index contributed by atoms with van der Waals surface area (Å²) in [4.78, 5) is 33.2. The molecule has 0 unspecified atom stereocenters. The van der Waals surface area contributed by atoms with E-state index in [1.54, 1.807) is 0 Å². The zero-order valence-electron chi connectivity index (χ0n) is 11.2. The molecule has 1 amide bonds. The summed E-state index contributed by atoms with van der Waals surface area (Å²) in [6.07, 6.45) is 1.80. The van der Waals surface area contributed by atoms with Crippen molar-refractivity contribution in [1.29, 1.82) is 0 Å². The molecule has 20 heavy (non-hydrogen) atoms. The van der Waals surface area contributed by atoms with E-state index < -0.39 is 15.5 Å². The van der Waals surface area contributed by atoms with Gasteiger partial charge in [-0.05, 0) is 12.5 Å². The van der Waals surface area contributed by atoms with Gasteiger partial charge < -0.3 is 4.90 Å². The van der Waals surface area contributed by atoms with Gasteiger partial charge in [0.15, 0.2) is 0 Å². The summed E-state index contributed by atoms with van der Waals surface area (Å²) in [5.41, 5.74) is -0.775. The zero-order valence-corrected chi connectivity index (χ0v) is 11.2. The third-order valence-electron chi connectivity index (χ3n) is 2.85. The Morgan fingerprint density at radius 3 is 2.40 bits per heavy atom. The minimum Gasteiger partial charge on any atom is -0.310 e. The topological polar surface area (TPSA) is 107 Å². The van der Waals surface area contributed by atoms with Crippen molar-refractivity contribution in [2.75, 3.05) is 11.9 Å². The predicted octanol–water partition coefficient (Wildman–Crippen LogP) is 2.66. The average molecular weight is 281 g/mol. The maximum atomic E-state index is 11.9. The Morgan fingerprint density at radius 1 is 1.25 bits per heavy atom. The van der Waals surface area contributed by atoms with E-state index in [2.05, 4.69) is 0 Å². The van der Waals surface area contributed by atoms with Crippen LogP contribution in [0.4, 0.5) is 17.1 Å². The van der Waals surface area contributed by atoms with Gasteiger partial charge in [0.05, 0.1) is 15.9 Å². The molecule has 0 aliphatic heterocycles. The number of unbranched alkanes of at least 4 members (excludes halogenated alkanes) is 1. The number of anilines is 1. The van der Waals surface area contributed by atoms with Gasteiger partial charge in [-0.3, -0.25) is 25.0 Å². The van der Waals surface area contributed by atoms with Crippen LogP contribution in [0.25, 0.3) is 0 Å². The standard InChI is InChI=1S/C12H15N3O5/c1-3-4-5-12(16)13(2)10-7-6-9(14(17)18)8-11(10)15(19)20/h6-8H,3-5H2,1-2H3. The Hall–Kier alpha value is -2.51. The summed E-state index contributed by atoms with van der Waals surface area (Å²) < 4.78 is 0. The summed E-state index contributed by atoms with van der Waals surface area (Å²) in [5.74, 6) is -0.260. The molecule has 0 bridgehead atoms. The van der Waals surface area contributed by atoms with E-state index >= 15 is 0 Å². The number of nitro benzene ring substituents is 2. The fourth-order valence-corrected chi connectivity index (χ4v) is 1.69. The van der Waals surface area contributed by atoms with Crippen LogP contribution in [-0.2, 0) is 4.79 Å². The van der Waals surface area contributed by atoms with E-state index in [1.807, 2.05) is 6.92 Å². The van der Waals surface area contributed by atoms with Crippen LogP contribution in [0.2, 0.25) is 0 Å². The maximum Gasteiger partial charge on any atom is 0.299 e. The van der Waals surface area contributed by atoms with Crippen LogP contribution in [-0.4, -0.2) is 22.8 Å². The fraction of sp³-hybridized carbons (Fsp3) is 0.417. The summed E-state index contributed by atoms with van der Waals surface area (Å²) in [6, 6.07) is 3.23. The van der Waals surface area contributed by atoms with Gasteiger partial charge in [0, 0.05) is 19.5 Å². The van der Waals surface area contributed by atoms with Crippen LogP contribution in [0.3, 0.4) is 0 Å². The molecular weight excluding hydrogens is 266 g/mol. The molecule has 0 aliphatic rings. The number of benzene rings is 1. The fourth-order valence-electron chi connectivity index (χ4n) is 1.69. The summed E-state index contributed by atoms with van der Waals surface area (Å²) in [6.45, 7) is 1.93. The molecule has 0 spiro atoms. The normalized spacial score (nSPS) is 10.1. The van der Waals surface area contributed by atoms with Gasteiger partial charge >= 0.3 is 0 Å². The first-order chi connectivity index (χ1) is 9.38. The third-order valence-corrected chi connectivity index (χ3v) is 2.85. The van der Waals surface area contributed by atoms with Crippen molar-refractivity contribution in [3.63, 3.8) is 0 Å². The molecule has 0 N–H and O–H groups in total. The minimum absolute atomic E-state index is 0.0571.